The predicted molar refractivity (Wildman–Crippen MR) is 73.5 cm³/mol. The normalized spacial score (nSPS) is 10.8. The molecule has 0 radical (unpaired) electrons. The minimum Gasteiger partial charge on any atom is -0.261 e. The van der Waals surface area contributed by atoms with Gasteiger partial charge in [0.25, 0.3) is 0 Å². The standard InChI is InChI=1S/C14H13BN2/c15-14-12-8-4-5-9-13(12)17(16-14)10-11-6-2-1-3-7-11/h1-9H,10,15H2. The number of hydrogen-bond acceptors (Lipinski definition) is 1. The molecule has 0 unspecified atom stereocenters. The lowest BCUT2D eigenvalue weighted by atomic mass is 10.0. The van der Waals surface area contributed by atoms with Crippen LogP contribution in [0.15, 0.2) is 54.6 Å². The van der Waals surface area contributed by atoms with Crippen LogP contribution in [0.2, 0.25) is 0 Å². The van der Waals surface area contributed by atoms with Gasteiger partial charge in [-0.25, -0.2) is 0 Å². The van der Waals surface area contributed by atoms with Crippen LogP contribution < -0.4 is 5.59 Å². The summed E-state index contributed by atoms with van der Waals surface area (Å²) in [6, 6.07) is 18.8. The maximum atomic E-state index is 4.60. The lowest BCUT2D eigenvalue weighted by Gasteiger charge is -2.03. The first kappa shape index (κ1) is 10.1. The molecular weight excluding hydrogens is 207 g/mol. The summed E-state index contributed by atoms with van der Waals surface area (Å²) < 4.78 is 2.07. The summed E-state index contributed by atoms with van der Waals surface area (Å²) in [6.45, 7) is 0.829. The molecule has 0 saturated carbocycles. The summed E-state index contributed by atoms with van der Waals surface area (Å²) in [5, 5.41) is 5.84. The highest BCUT2D eigenvalue weighted by Gasteiger charge is 2.05. The number of nitrogens with zero attached hydrogens (tertiary/aromatic N) is 2. The average Bonchev–Trinajstić information content (AvgIpc) is 2.69. The Bertz CT molecular complexity index is 644. The molecule has 3 heteroatoms. The Morgan fingerprint density at radius 2 is 1.65 bits per heavy atom. The third-order valence-corrected chi connectivity index (χ3v) is 3.02. The lowest BCUT2D eigenvalue weighted by molar-refractivity contribution is 0.719. The number of aromatic nitrogens is 2. The van der Waals surface area contributed by atoms with Crippen molar-refractivity contribution in [2.45, 2.75) is 6.54 Å². The molecule has 3 aromatic rings. The van der Waals surface area contributed by atoms with Crippen molar-refractivity contribution in [2.75, 3.05) is 0 Å². The van der Waals surface area contributed by atoms with Gasteiger partial charge in [0.1, 0.15) is 0 Å². The van der Waals surface area contributed by atoms with Crippen molar-refractivity contribution in [2.24, 2.45) is 0 Å². The van der Waals surface area contributed by atoms with Gasteiger partial charge in [-0.2, -0.15) is 5.10 Å². The van der Waals surface area contributed by atoms with E-state index in [2.05, 4.69) is 66.2 Å². The van der Waals surface area contributed by atoms with E-state index in [1.165, 1.54) is 16.5 Å². The largest absolute Gasteiger partial charge is 0.261 e. The second-order valence-corrected chi connectivity index (χ2v) is 4.25. The van der Waals surface area contributed by atoms with Gasteiger partial charge < -0.3 is 0 Å². The summed E-state index contributed by atoms with van der Waals surface area (Å²) in [7, 11) is 2.06. The molecule has 0 bridgehead atoms. The Hall–Kier alpha value is -2.03. The third-order valence-electron chi connectivity index (χ3n) is 3.02. The van der Waals surface area contributed by atoms with Crippen LogP contribution in [0, 0.1) is 0 Å². The number of hydrogen-bond donors (Lipinski definition) is 0. The van der Waals surface area contributed by atoms with Crippen molar-refractivity contribution in [3.8, 4) is 0 Å². The van der Waals surface area contributed by atoms with Crippen LogP contribution in [-0.2, 0) is 6.54 Å². The van der Waals surface area contributed by atoms with Crippen LogP contribution in [0.4, 0.5) is 0 Å². The van der Waals surface area contributed by atoms with Crippen LogP contribution >= 0.6 is 0 Å². The SMILES string of the molecule is Bc1nn(Cc2ccccc2)c2ccccc12. The molecule has 3 rings (SSSR count). The van der Waals surface area contributed by atoms with Crippen LogP contribution in [0.25, 0.3) is 10.9 Å². The highest BCUT2D eigenvalue weighted by molar-refractivity contribution is 6.37. The summed E-state index contributed by atoms with van der Waals surface area (Å²) in [5.41, 5.74) is 3.58. The molecule has 0 aliphatic heterocycles. The maximum absolute atomic E-state index is 4.60. The van der Waals surface area contributed by atoms with Crippen LogP contribution in [0.1, 0.15) is 5.56 Å². The van der Waals surface area contributed by atoms with Crippen molar-refractivity contribution in [3.63, 3.8) is 0 Å². The van der Waals surface area contributed by atoms with E-state index < -0.39 is 0 Å². The topological polar surface area (TPSA) is 17.8 Å². The van der Waals surface area contributed by atoms with E-state index in [1.807, 2.05) is 6.07 Å². The number of para-hydroxylation sites is 1. The smallest absolute Gasteiger partial charge is 0.167 e. The Kier molecular flexibility index (Phi) is 2.44. The highest BCUT2D eigenvalue weighted by atomic mass is 15.3. The van der Waals surface area contributed by atoms with Gasteiger partial charge in [0, 0.05) is 11.0 Å². The minimum absolute atomic E-state index is 0.829. The first-order valence-corrected chi connectivity index (χ1v) is 5.81. The van der Waals surface area contributed by atoms with Crippen molar-refractivity contribution >= 4 is 24.3 Å². The second-order valence-electron chi connectivity index (χ2n) is 4.25. The molecule has 0 spiro atoms. The number of benzene rings is 2. The summed E-state index contributed by atoms with van der Waals surface area (Å²) in [4.78, 5) is 0. The van der Waals surface area contributed by atoms with Crippen molar-refractivity contribution in [3.05, 3.63) is 60.2 Å². The van der Waals surface area contributed by atoms with Gasteiger partial charge in [-0.3, -0.25) is 4.68 Å². The molecule has 0 N–H and O–H groups in total. The van der Waals surface area contributed by atoms with Gasteiger partial charge in [0.05, 0.1) is 12.1 Å². The summed E-state index contributed by atoms with van der Waals surface area (Å²) in [5.74, 6) is 0. The van der Waals surface area contributed by atoms with Crippen LogP contribution in [0.3, 0.4) is 0 Å². The Morgan fingerprint density at radius 3 is 2.47 bits per heavy atom. The van der Waals surface area contributed by atoms with Gasteiger partial charge in [0.2, 0.25) is 0 Å². The molecule has 0 atom stereocenters. The molecule has 1 aromatic heterocycles. The Labute approximate surface area is 101 Å². The molecule has 1 heterocycles. The molecule has 17 heavy (non-hydrogen) atoms. The monoisotopic (exact) mass is 220 g/mol. The first-order chi connectivity index (χ1) is 8.34. The van der Waals surface area contributed by atoms with E-state index in [1.54, 1.807) is 0 Å². The first-order valence-electron chi connectivity index (χ1n) is 5.81. The van der Waals surface area contributed by atoms with Crippen LogP contribution in [0.5, 0.6) is 0 Å². The summed E-state index contributed by atoms with van der Waals surface area (Å²) in [6.07, 6.45) is 0. The fourth-order valence-electron chi connectivity index (χ4n) is 2.17. The Morgan fingerprint density at radius 1 is 0.941 bits per heavy atom. The van der Waals surface area contributed by atoms with Gasteiger partial charge >= 0.3 is 0 Å². The van der Waals surface area contributed by atoms with Crippen molar-refractivity contribution < 1.29 is 0 Å². The molecular formula is C14H13BN2. The molecule has 2 aromatic carbocycles. The van der Waals surface area contributed by atoms with E-state index in [-0.39, 0.29) is 0 Å². The van der Waals surface area contributed by atoms with Crippen molar-refractivity contribution in [1.82, 2.24) is 9.78 Å². The highest BCUT2D eigenvalue weighted by Crippen LogP contribution is 2.12. The fraction of sp³-hybridized carbons (Fsp3) is 0.0714. The Balaban J connectivity index is 2.07. The number of rotatable bonds is 2. The molecule has 82 valence electrons. The van der Waals surface area contributed by atoms with E-state index in [0.717, 1.165) is 12.1 Å². The third kappa shape index (κ3) is 1.84. The minimum atomic E-state index is 0.829. The molecule has 2 nitrogen and oxygen atoms in total. The predicted octanol–water partition coefficient (Wildman–Crippen LogP) is 1.34. The summed E-state index contributed by atoms with van der Waals surface area (Å²) >= 11 is 0. The molecule has 0 aliphatic carbocycles. The molecule has 0 aliphatic rings. The van der Waals surface area contributed by atoms with E-state index in [4.69, 9.17) is 0 Å². The van der Waals surface area contributed by atoms with E-state index in [9.17, 15) is 0 Å². The quantitative estimate of drug-likeness (QED) is 0.596. The number of fused-ring (bicyclic) bond motifs is 1. The molecule has 0 fully saturated rings. The zero-order valence-electron chi connectivity index (χ0n) is 9.80. The fourth-order valence-corrected chi connectivity index (χ4v) is 2.17. The van der Waals surface area contributed by atoms with Gasteiger partial charge in [-0.05, 0) is 11.6 Å². The lowest BCUT2D eigenvalue weighted by Crippen LogP contribution is -2.08. The molecule has 0 amide bonds. The average molecular weight is 220 g/mol. The van der Waals surface area contributed by atoms with Gasteiger partial charge in [-0.1, -0.05) is 48.5 Å². The van der Waals surface area contributed by atoms with Gasteiger partial charge in [0.15, 0.2) is 7.85 Å². The van der Waals surface area contributed by atoms with Gasteiger partial charge in [-0.15, -0.1) is 0 Å². The van der Waals surface area contributed by atoms with E-state index in [0.29, 0.717) is 0 Å². The van der Waals surface area contributed by atoms with E-state index >= 15 is 0 Å². The molecule has 0 saturated heterocycles. The second kappa shape index (κ2) is 4.09. The van der Waals surface area contributed by atoms with Crippen LogP contribution in [-0.4, -0.2) is 17.6 Å². The zero-order valence-corrected chi connectivity index (χ0v) is 9.80. The van der Waals surface area contributed by atoms with Crippen molar-refractivity contribution in [1.29, 1.82) is 0 Å². The zero-order chi connectivity index (χ0) is 11.7. The maximum Gasteiger partial charge on any atom is 0.167 e.